The van der Waals surface area contributed by atoms with Gasteiger partial charge in [0, 0.05) is 21.8 Å². The van der Waals surface area contributed by atoms with Crippen LogP contribution in [-0.4, -0.2) is 9.97 Å². The predicted octanol–water partition coefficient (Wildman–Crippen LogP) is 4.09. The lowest BCUT2D eigenvalue weighted by atomic mass is 10.2. The number of nitrogen functional groups attached to an aromatic ring is 1. The molecule has 0 bridgehead atoms. The first-order valence-corrected chi connectivity index (χ1v) is 6.86. The van der Waals surface area contributed by atoms with Crippen molar-refractivity contribution in [2.45, 2.75) is 19.8 Å². The topological polar surface area (TPSA) is 51.8 Å². The van der Waals surface area contributed by atoms with Crippen LogP contribution in [0.5, 0.6) is 0 Å². The number of anilines is 1. The number of hydrogen-bond donors (Lipinski definition) is 1. The molecule has 0 spiro atoms. The van der Waals surface area contributed by atoms with Crippen molar-refractivity contribution in [3.8, 4) is 11.4 Å². The standard InChI is InChI=1S/C13H13BrClN3/c1-2-3-9-7-12(16)18-13(17-9)10-6-8(14)4-5-11(10)15/h4-7H,2-3H2,1H3,(H2,16,17,18). The summed E-state index contributed by atoms with van der Waals surface area (Å²) < 4.78 is 0.935. The largest absolute Gasteiger partial charge is 0.384 e. The molecular weight excluding hydrogens is 314 g/mol. The predicted molar refractivity (Wildman–Crippen MR) is 78.6 cm³/mol. The SMILES string of the molecule is CCCc1cc(N)nc(-c2cc(Br)ccc2Cl)n1. The molecule has 2 aromatic rings. The molecule has 0 aliphatic heterocycles. The average Bonchev–Trinajstić information content (AvgIpc) is 2.32. The van der Waals surface area contributed by atoms with Gasteiger partial charge >= 0.3 is 0 Å². The molecule has 1 heterocycles. The maximum absolute atomic E-state index is 6.17. The van der Waals surface area contributed by atoms with Crippen LogP contribution in [0, 0.1) is 0 Å². The van der Waals surface area contributed by atoms with Crippen LogP contribution in [-0.2, 0) is 6.42 Å². The van der Waals surface area contributed by atoms with Crippen LogP contribution in [0.4, 0.5) is 5.82 Å². The molecule has 2 N–H and O–H groups in total. The van der Waals surface area contributed by atoms with Gasteiger partial charge in [-0.1, -0.05) is 40.9 Å². The highest BCUT2D eigenvalue weighted by atomic mass is 79.9. The Bertz CT molecular complexity index is 572. The summed E-state index contributed by atoms with van der Waals surface area (Å²) >= 11 is 9.59. The summed E-state index contributed by atoms with van der Waals surface area (Å²) in [6.45, 7) is 2.10. The summed E-state index contributed by atoms with van der Waals surface area (Å²) in [5.74, 6) is 1.05. The van der Waals surface area contributed by atoms with Gasteiger partial charge in [-0.3, -0.25) is 0 Å². The summed E-state index contributed by atoms with van der Waals surface area (Å²) in [4.78, 5) is 8.75. The van der Waals surface area contributed by atoms with Crippen LogP contribution in [0.15, 0.2) is 28.7 Å². The highest BCUT2D eigenvalue weighted by Gasteiger charge is 2.09. The van der Waals surface area contributed by atoms with Gasteiger partial charge in [-0.2, -0.15) is 0 Å². The third kappa shape index (κ3) is 3.00. The van der Waals surface area contributed by atoms with E-state index < -0.39 is 0 Å². The normalized spacial score (nSPS) is 10.6. The Hall–Kier alpha value is -1.13. The first-order chi connectivity index (χ1) is 8.60. The molecule has 3 nitrogen and oxygen atoms in total. The number of nitrogens with two attached hydrogens (primary N) is 1. The van der Waals surface area contributed by atoms with Gasteiger partial charge in [0.05, 0.1) is 5.02 Å². The lowest BCUT2D eigenvalue weighted by Crippen LogP contribution is -2.00. The van der Waals surface area contributed by atoms with Crippen molar-refractivity contribution in [1.82, 2.24) is 9.97 Å². The van der Waals surface area contributed by atoms with E-state index in [0.29, 0.717) is 16.7 Å². The van der Waals surface area contributed by atoms with Crippen LogP contribution >= 0.6 is 27.5 Å². The second-order valence-electron chi connectivity index (χ2n) is 3.98. The summed E-state index contributed by atoms with van der Waals surface area (Å²) in [5.41, 5.74) is 7.54. The number of rotatable bonds is 3. The van der Waals surface area contributed by atoms with E-state index in [9.17, 15) is 0 Å². The third-order valence-electron chi connectivity index (χ3n) is 2.47. The smallest absolute Gasteiger partial charge is 0.163 e. The first-order valence-electron chi connectivity index (χ1n) is 5.69. The monoisotopic (exact) mass is 325 g/mol. The molecule has 1 aromatic carbocycles. The van der Waals surface area contributed by atoms with Crippen molar-refractivity contribution < 1.29 is 0 Å². The van der Waals surface area contributed by atoms with Gasteiger partial charge in [0.25, 0.3) is 0 Å². The molecule has 0 aliphatic carbocycles. The summed E-state index contributed by atoms with van der Waals surface area (Å²) in [6.07, 6.45) is 1.90. The van der Waals surface area contributed by atoms with E-state index in [1.54, 1.807) is 6.07 Å². The first kappa shape index (κ1) is 13.3. The Balaban J connectivity index is 2.52. The van der Waals surface area contributed by atoms with Crippen LogP contribution in [0.2, 0.25) is 5.02 Å². The molecule has 5 heteroatoms. The second-order valence-corrected chi connectivity index (χ2v) is 5.30. The van der Waals surface area contributed by atoms with E-state index in [4.69, 9.17) is 17.3 Å². The molecular formula is C13H13BrClN3. The Morgan fingerprint density at radius 3 is 2.78 bits per heavy atom. The van der Waals surface area contributed by atoms with Crippen molar-refractivity contribution in [3.05, 3.63) is 39.5 Å². The Morgan fingerprint density at radius 2 is 2.06 bits per heavy atom. The Kier molecular flexibility index (Phi) is 4.19. The zero-order chi connectivity index (χ0) is 13.1. The van der Waals surface area contributed by atoms with Crippen molar-refractivity contribution in [1.29, 1.82) is 0 Å². The molecule has 94 valence electrons. The van der Waals surface area contributed by atoms with E-state index in [1.165, 1.54) is 0 Å². The molecule has 0 fully saturated rings. The van der Waals surface area contributed by atoms with E-state index >= 15 is 0 Å². The maximum atomic E-state index is 6.17. The van der Waals surface area contributed by atoms with Gasteiger partial charge in [-0.15, -0.1) is 0 Å². The molecule has 0 atom stereocenters. The van der Waals surface area contributed by atoms with Crippen molar-refractivity contribution in [2.75, 3.05) is 5.73 Å². The van der Waals surface area contributed by atoms with Crippen LogP contribution < -0.4 is 5.73 Å². The van der Waals surface area contributed by atoms with Crippen molar-refractivity contribution in [2.24, 2.45) is 0 Å². The van der Waals surface area contributed by atoms with E-state index in [2.05, 4.69) is 32.8 Å². The molecule has 1 aromatic heterocycles. The number of aromatic nitrogens is 2. The highest BCUT2D eigenvalue weighted by molar-refractivity contribution is 9.10. The minimum Gasteiger partial charge on any atom is -0.384 e. The minimum absolute atomic E-state index is 0.472. The third-order valence-corrected chi connectivity index (χ3v) is 3.30. The van der Waals surface area contributed by atoms with Crippen LogP contribution in [0.25, 0.3) is 11.4 Å². The lowest BCUT2D eigenvalue weighted by molar-refractivity contribution is 0.877. The molecule has 0 aliphatic rings. The zero-order valence-electron chi connectivity index (χ0n) is 9.95. The van der Waals surface area contributed by atoms with Gasteiger partial charge in [0.2, 0.25) is 0 Å². The second kappa shape index (κ2) is 5.67. The van der Waals surface area contributed by atoms with Crippen molar-refractivity contribution in [3.63, 3.8) is 0 Å². The van der Waals surface area contributed by atoms with Gasteiger partial charge in [0.1, 0.15) is 5.82 Å². The van der Waals surface area contributed by atoms with Gasteiger partial charge in [0.15, 0.2) is 5.82 Å². The summed E-state index contributed by atoms with van der Waals surface area (Å²) in [5, 5.41) is 0.617. The Morgan fingerprint density at radius 1 is 1.28 bits per heavy atom. The van der Waals surface area contributed by atoms with E-state index in [0.717, 1.165) is 28.6 Å². The van der Waals surface area contributed by atoms with Crippen molar-refractivity contribution >= 4 is 33.3 Å². The summed E-state index contributed by atoms with van der Waals surface area (Å²) in [7, 11) is 0. The molecule has 0 amide bonds. The number of nitrogens with zero attached hydrogens (tertiary/aromatic N) is 2. The average molecular weight is 327 g/mol. The van der Waals surface area contributed by atoms with Crippen LogP contribution in [0.1, 0.15) is 19.0 Å². The molecule has 18 heavy (non-hydrogen) atoms. The molecule has 0 saturated heterocycles. The number of benzene rings is 1. The van der Waals surface area contributed by atoms with Gasteiger partial charge < -0.3 is 5.73 Å². The molecule has 0 unspecified atom stereocenters. The minimum atomic E-state index is 0.472. The van der Waals surface area contributed by atoms with Gasteiger partial charge in [-0.25, -0.2) is 9.97 Å². The number of hydrogen-bond acceptors (Lipinski definition) is 3. The van der Waals surface area contributed by atoms with Crippen LogP contribution in [0.3, 0.4) is 0 Å². The molecule has 0 saturated carbocycles. The van der Waals surface area contributed by atoms with E-state index in [-0.39, 0.29) is 0 Å². The Labute approximate surface area is 120 Å². The number of aryl methyl sites for hydroxylation is 1. The maximum Gasteiger partial charge on any atom is 0.163 e. The lowest BCUT2D eigenvalue weighted by Gasteiger charge is -2.07. The molecule has 0 radical (unpaired) electrons. The summed E-state index contributed by atoms with van der Waals surface area (Å²) in [6, 6.07) is 7.39. The number of halogens is 2. The quantitative estimate of drug-likeness (QED) is 0.924. The fourth-order valence-electron chi connectivity index (χ4n) is 1.69. The highest BCUT2D eigenvalue weighted by Crippen LogP contribution is 2.29. The fourth-order valence-corrected chi connectivity index (χ4v) is 2.26. The zero-order valence-corrected chi connectivity index (χ0v) is 12.3. The van der Waals surface area contributed by atoms with Gasteiger partial charge in [-0.05, 0) is 24.6 Å². The molecule has 2 rings (SSSR count). The van der Waals surface area contributed by atoms with E-state index in [1.807, 2.05) is 18.2 Å². The fraction of sp³-hybridized carbons (Fsp3) is 0.231.